The first kappa shape index (κ1) is 18.4. The van der Waals surface area contributed by atoms with E-state index in [1.54, 1.807) is 18.2 Å². The highest BCUT2D eigenvalue weighted by Gasteiger charge is 2.42. The lowest BCUT2D eigenvalue weighted by Gasteiger charge is -2.33. The van der Waals surface area contributed by atoms with Crippen LogP contribution in [0.1, 0.15) is 24.8 Å². The Morgan fingerprint density at radius 2 is 1.83 bits per heavy atom. The van der Waals surface area contributed by atoms with Crippen molar-refractivity contribution in [3.05, 3.63) is 23.8 Å². The summed E-state index contributed by atoms with van der Waals surface area (Å²) in [5.74, 6) is -0.420. The van der Waals surface area contributed by atoms with E-state index in [1.165, 1.54) is 19.1 Å². The van der Waals surface area contributed by atoms with Crippen molar-refractivity contribution in [1.29, 1.82) is 0 Å². The molecule has 0 bridgehead atoms. The minimum Gasteiger partial charge on any atom is -0.497 e. The molecule has 1 aromatic carbocycles. The number of halogens is 3. The summed E-state index contributed by atoms with van der Waals surface area (Å²) in [6, 6.07) is 5.32. The quantitative estimate of drug-likeness (QED) is 0.821. The van der Waals surface area contributed by atoms with Crippen LogP contribution >= 0.6 is 0 Å². The van der Waals surface area contributed by atoms with Crippen molar-refractivity contribution < 1.29 is 27.4 Å². The summed E-state index contributed by atoms with van der Waals surface area (Å²) in [6.07, 6.45) is -3.15. The van der Waals surface area contributed by atoms with Gasteiger partial charge in [0.15, 0.2) is 0 Å². The fourth-order valence-electron chi connectivity index (χ4n) is 2.89. The Balaban J connectivity index is 1.95. The Labute approximate surface area is 139 Å². The van der Waals surface area contributed by atoms with Crippen LogP contribution in [0, 0.1) is 5.92 Å². The molecular formula is C17H22F3NO3. The van der Waals surface area contributed by atoms with Gasteiger partial charge in [-0.3, -0.25) is 4.79 Å². The third-order valence-corrected chi connectivity index (χ3v) is 4.28. The molecule has 1 fully saturated rings. The number of hydrogen-bond acceptors (Lipinski definition) is 3. The standard InChI is InChI=1S/C17H22F3NO3/c1-23-14-8-12(9-15(10-14)24-2)5-6-16(22)21-7-3-4-13(11-21)17(18,19)20/h8-10,13H,3-7,11H2,1-2H3/t13-/m0/s1. The molecule has 0 unspecified atom stereocenters. The van der Waals surface area contributed by atoms with Crippen molar-refractivity contribution >= 4 is 5.91 Å². The van der Waals surface area contributed by atoms with Gasteiger partial charge in [-0.2, -0.15) is 13.2 Å². The monoisotopic (exact) mass is 345 g/mol. The van der Waals surface area contributed by atoms with Crippen molar-refractivity contribution in [3.8, 4) is 11.5 Å². The minimum atomic E-state index is -4.24. The molecule has 1 atom stereocenters. The van der Waals surface area contributed by atoms with E-state index < -0.39 is 12.1 Å². The summed E-state index contributed by atoms with van der Waals surface area (Å²) in [5, 5.41) is 0. The number of rotatable bonds is 5. The molecule has 1 aliphatic heterocycles. The van der Waals surface area contributed by atoms with Gasteiger partial charge in [-0.05, 0) is 37.0 Å². The number of aryl methyl sites for hydroxylation is 1. The summed E-state index contributed by atoms with van der Waals surface area (Å²) in [5.41, 5.74) is 0.851. The number of carbonyl (C=O) groups is 1. The second-order valence-corrected chi connectivity index (χ2v) is 5.94. The smallest absolute Gasteiger partial charge is 0.393 e. The zero-order valence-corrected chi connectivity index (χ0v) is 13.9. The number of piperidine rings is 1. The van der Waals surface area contributed by atoms with Gasteiger partial charge in [-0.1, -0.05) is 0 Å². The number of carbonyl (C=O) groups excluding carboxylic acids is 1. The number of ether oxygens (including phenoxy) is 2. The summed E-state index contributed by atoms with van der Waals surface area (Å²) in [7, 11) is 3.07. The van der Waals surface area contributed by atoms with Crippen molar-refractivity contribution in [2.45, 2.75) is 31.9 Å². The Morgan fingerprint density at radius 3 is 2.38 bits per heavy atom. The summed E-state index contributed by atoms with van der Waals surface area (Å²) in [4.78, 5) is 13.6. The van der Waals surface area contributed by atoms with Gasteiger partial charge in [-0.15, -0.1) is 0 Å². The van der Waals surface area contributed by atoms with Gasteiger partial charge in [-0.25, -0.2) is 0 Å². The van der Waals surface area contributed by atoms with E-state index in [0.717, 1.165) is 5.56 Å². The van der Waals surface area contributed by atoms with Gasteiger partial charge in [0.05, 0.1) is 20.1 Å². The average Bonchev–Trinajstić information content (AvgIpc) is 2.58. The van der Waals surface area contributed by atoms with E-state index in [2.05, 4.69) is 0 Å². The Bertz CT molecular complexity index is 552. The number of methoxy groups -OCH3 is 2. The zero-order valence-electron chi connectivity index (χ0n) is 13.9. The summed E-state index contributed by atoms with van der Waals surface area (Å²) < 4.78 is 48.8. The number of nitrogens with zero attached hydrogens (tertiary/aromatic N) is 1. The number of amides is 1. The first-order valence-electron chi connectivity index (χ1n) is 7.90. The molecule has 134 valence electrons. The third-order valence-electron chi connectivity index (χ3n) is 4.28. The van der Waals surface area contributed by atoms with Crippen LogP contribution in [0.5, 0.6) is 11.5 Å². The van der Waals surface area contributed by atoms with Crippen molar-refractivity contribution in [3.63, 3.8) is 0 Å². The van der Waals surface area contributed by atoms with Gasteiger partial charge in [0, 0.05) is 25.6 Å². The van der Waals surface area contributed by atoms with Gasteiger partial charge < -0.3 is 14.4 Å². The van der Waals surface area contributed by atoms with Gasteiger partial charge in [0.2, 0.25) is 5.91 Å². The molecule has 24 heavy (non-hydrogen) atoms. The Kier molecular flexibility index (Phi) is 5.96. The number of alkyl halides is 3. The van der Waals surface area contributed by atoms with Gasteiger partial charge in [0.25, 0.3) is 0 Å². The maximum Gasteiger partial charge on any atom is 0.393 e. The topological polar surface area (TPSA) is 38.8 Å². The van der Waals surface area contributed by atoms with Crippen LogP contribution in [0.3, 0.4) is 0 Å². The van der Waals surface area contributed by atoms with Crippen molar-refractivity contribution in [2.24, 2.45) is 5.92 Å². The largest absolute Gasteiger partial charge is 0.497 e. The van der Waals surface area contributed by atoms with Gasteiger partial charge in [0.1, 0.15) is 11.5 Å². The molecule has 0 radical (unpaired) electrons. The molecule has 0 spiro atoms. The summed E-state index contributed by atoms with van der Waals surface area (Å²) >= 11 is 0. The molecule has 2 rings (SSSR count). The van der Waals surface area contributed by atoms with Crippen LogP contribution < -0.4 is 9.47 Å². The van der Waals surface area contributed by atoms with E-state index in [9.17, 15) is 18.0 Å². The SMILES string of the molecule is COc1cc(CCC(=O)N2CCC[C@H](C(F)(F)F)C2)cc(OC)c1. The minimum absolute atomic E-state index is 0.0976. The normalized spacial score (nSPS) is 18.4. The molecule has 1 saturated heterocycles. The molecular weight excluding hydrogens is 323 g/mol. The van der Waals surface area contributed by atoms with E-state index in [-0.39, 0.29) is 25.3 Å². The Hall–Kier alpha value is -1.92. The first-order valence-corrected chi connectivity index (χ1v) is 7.90. The molecule has 4 nitrogen and oxygen atoms in total. The van der Waals surface area contributed by atoms with Crippen LogP contribution in [0.15, 0.2) is 18.2 Å². The molecule has 1 aromatic rings. The summed E-state index contributed by atoms with van der Waals surface area (Å²) in [6.45, 7) is 0.163. The van der Waals surface area contributed by atoms with Crippen LogP contribution in [-0.4, -0.2) is 44.3 Å². The number of hydrogen-bond donors (Lipinski definition) is 0. The predicted molar refractivity (Wildman–Crippen MR) is 83.2 cm³/mol. The fourth-order valence-corrected chi connectivity index (χ4v) is 2.89. The molecule has 1 heterocycles. The van der Waals surface area contributed by atoms with Crippen molar-refractivity contribution in [2.75, 3.05) is 27.3 Å². The second kappa shape index (κ2) is 7.77. The molecule has 1 amide bonds. The molecule has 0 aromatic heterocycles. The maximum atomic E-state index is 12.8. The number of likely N-dealkylation sites (tertiary alicyclic amines) is 1. The van der Waals surface area contributed by atoms with Crippen LogP contribution in [0.25, 0.3) is 0 Å². The molecule has 0 saturated carbocycles. The van der Waals surface area contributed by atoms with Crippen LogP contribution in [-0.2, 0) is 11.2 Å². The molecule has 0 aliphatic carbocycles. The molecule has 0 N–H and O–H groups in total. The van der Waals surface area contributed by atoms with E-state index in [0.29, 0.717) is 30.9 Å². The van der Waals surface area contributed by atoms with E-state index >= 15 is 0 Å². The fraction of sp³-hybridized carbons (Fsp3) is 0.588. The lowest BCUT2D eigenvalue weighted by atomic mass is 9.97. The molecule has 1 aliphatic rings. The zero-order chi connectivity index (χ0) is 17.7. The lowest BCUT2D eigenvalue weighted by molar-refractivity contribution is -0.188. The van der Waals surface area contributed by atoms with Crippen LogP contribution in [0.4, 0.5) is 13.2 Å². The average molecular weight is 345 g/mol. The Morgan fingerprint density at radius 1 is 1.21 bits per heavy atom. The van der Waals surface area contributed by atoms with E-state index in [4.69, 9.17) is 9.47 Å². The van der Waals surface area contributed by atoms with Gasteiger partial charge >= 0.3 is 6.18 Å². The number of benzene rings is 1. The molecule has 7 heteroatoms. The van der Waals surface area contributed by atoms with E-state index in [1.807, 2.05) is 0 Å². The predicted octanol–water partition coefficient (Wildman–Crippen LogP) is 3.44. The lowest BCUT2D eigenvalue weighted by Crippen LogP contribution is -2.44. The third kappa shape index (κ3) is 4.79. The van der Waals surface area contributed by atoms with Crippen LogP contribution in [0.2, 0.25) is 0 Å². The highest BCUT2D eigenvalue weighted by Crippen LogP contribution is 2.33. The highest BCUT2D eigenvalue weighted by molar-refractivity contribution is 5.76. The highest BCUT2D eigenvalue weighted by atomic mass is 19.4. The first-order chi connectivity index (χ1) is 11.3. The second-order valence-electron chi connectivity index (χ2n) is 5.94. The van der Waals surface area contributed by atoms with Crippen molar-refractivity contribution in [1.82, 2.24) is 4.90 Å². The maximum absolute atomic E-state index is 12.8.